The Bertz CT molecular complexity index is 212. The van der Waals surface area contributed by atoms with Crippen molar-refractivity contribution in [2.45, 2.75) is 6.04 Å². The van der Waals surface area contributed by atoms with Crippen molar-refractivity contribution in [3.63, 3.8) is 0 Å². The first-order valence-electron chi connectivity index (χ1n) is 2.68. The van der Waals surface area contributed by atoms with Crippen molar-refractivity contribution in [2.24, 2.45) is 0 Å². The van der Waals surface area contributed by atoms with Gasteiger partial charge in [0, 0.05) is 14.3 Å². The second-order valence-electron chi connectivity index (χ2n) is 1.84. The molecule has 1 N–H and O–H groups in total. The van der Waals surface area contributed by atoms with Gasteiger partial charge in [-0.1, -0.05) is 0 Å². The van der Waals surface area contributed by atoms with Gasteiger partial charge < -0.3 is 10.1 Å². The molecule has 0 bridgehead atoms. The summed E-state index contributed by atoms with van der Waals surface area (Å²) in [5.41, 5.74) is 0. The van der Waals surface area contributed by atoms with Gasteiger partial charge in [-0.25, -0.2) is 0 Å². The summed E-state index contributed by atoms with van der Waals surface area (Å²) in [6, 6.07) is -0.151. The lowest BCUT2D eigenvalue weighted by Gasteiger charge is -2.14. The molecule has 0 amide bonds. The van der Waals surface area contributed by atoms with E-state index in [9.17, 15) is 4.79 Å². The van der Waals surface area contributed by atoms with E-state index in [0.29, 0.717) is 0 Å². The quantitative estimate of drug-likeness (QED) is 0.590. The summed E-state index contributed by atoms with van der Waals surface area (Å²) >= 11 is 5.42. The Labute approximate surface area is 81.0 Å². The molecule has 0 aromatic rings. The van der Waals surface area contributed by atoms with Crippen LogP contribution in [0.4, 0.5) is 0 Å². The molecule has 54 valence electrons. The molecule has 0 saturated carbocycles. The standard InChI is InChI=1S/C6H5BrINO/c7-4-1-5(8)6(3-10)9-2-4/h1-3,6,9H. The average molecular weight is 314 g/mol. The second-order valence-corrected chi connectivity index (χ2v) is 4.00. The van der Waals surface area contributed by atoms with Crippen molar-refractivity contribution in [3.05, 3.63) is 20.3 Å². The number of dihydropyridines is 1. The van der Waals surface area contributed by atoms with Crippen LogP contribution in [0.25, 0.3) is 0 Å². The first-order chi connectivity index (χ1) is 4.74. The smallest absolute Gasteiger partial charge is 0.147 e. The van der Waals surface area contributed by atoms with Crippen LogP contribution in [0.2, 0.25) is 0 Å². The van der Waals surface area contributed by atoms with E-state index >= 15 is 0 Å². The minimum atomic E-state index is -0.151. The molecule has 2 nitrogen and oxygen atoms in total. The summed E-state index contributed by atoms with van der Waals surface area (Å²) in [7, 11) is 0. The number of allylic oxidation sites excluding steroid dienone is 2. The van der Waals surface area contributed by atoms with E-state index in [2.05, 4.69) is 43.8 Å². The number of aldehydes is 1. The van der Waals surface area contributed by atoms with Gasteiger partial charge in [-0.2, -0.15) is 0 Å². The number of hydrogen-bond donors (Lipinski definition) is 1. The van der Waals surface area contributed by atoms with Crippen LogP contribution in [0.1, 0.15) is 0 Å². The average Bonchev–Trinajstić information content (AvgIpc) is 1.88. The van der Waals surface area contributed by atoms with Crippen LogP contribution in [-0.2, 0) is 4.79 Å². The summed E-state index contributed by atoms with van der Waals surface area (Å²) in [6.07, 6.45) is 4.56. The van der Waals surface area contributed by atoms with Crippen molar-refractivity contribution >= 4 is 44.8 Å². The molecule has 0 aromatic heterocycles. The summed E-state index contributed by atoms with van der Waals surface area (Å²) in [5, 5.41) is 2.92. The van der Waals surface area contributed by atoms with E-state index in [1.54, 1.807) is 6.20 Å². The highest BCUT2D eigenvalue weighted by Crippen LogP contribution is 2.20. The van der Waals surface area contributed by atoms with Crippen molar-refractivity contribution in [1.29, 1.82) is 0 Å². The van der Waals surface area contributed by atoms with E-state index in [4.69, 9.17) is 0 Å². The molecule has 0 spiro atoms. The van der Waals surface area contributed by atoms with Crippen LogP contribution in [0, 0.1) is 0 Å². The van der Waals surface area contributed by atoms with Gasteiger partial charge in [-0.15, -0.1) is 0 Å². The van der Waals surface area contributed by atoms with Crippen LogP contribution >= 0.6 is 38.5 Å². The predicted octanol–water partition coefficient (Wildman–Crippen LogP) is 1.71. The predicted molar refractivity (Wildman–Crippen MR) is 52.1 cm³/mol. The molecule has 10 heavy (non-hydrogen) atoms. The van der Waals surface area contributed by atoms with E-state index in [0.717, 1.165) is 14.3 Å². The molecule has 1 aliphatic heterocycles. The molecule has 1 heterocycles. The molecule has 1 aliphatic rings. The SMILES string of the molecule is O=CC1NC=C(Br)C=C1I. The van der Waals surface area contributed by atoms with Gasteiger partial charge in [0.15, 0.2) is 0 Å². The lowest BCUT2D eigenvalue weighted by Crippen LogP contribution is -2.28. The lowest BCUT2D eigenvalue weighted by molar-refractivity contribution is -0.108. The molecular weight excluding hydrogens is 309 g/mol. The Morgan fingerprint density at radius 2 is 2.50 bits per heavy atom. The van der Waals surface area contributed by atoms with Crippen LogP contribution < -0.4 is 5.32 Å². The van der Waals surface area contributed by atoms with Crippen LogP contribution in [0.3, 0.4) is 0 Å². The molecule has 1 atom stereocenters. The lowest BCUT2D eigenvalue weighted by atomic mass is 10.2. The molecular formula is C6H5BrINO. The topological polar surface area (TPSA) is 29.1 Å². The number of rotatable bonds is 1. The van der Waals surface area contributed by atoms with Gasteiger partial charge in [-0.05, 0) is 44.6 Å². The van der Waals surface area contributed by atoms with E-state index in [-0.39, 0.29) is 6.04 Å². The van der Waals surface area contributed by atoms with Gasteiger partial charge >= 0.3 is 0 Å². The highest BCUT2D eigenvalue weighted by molar-refractivity contribution is 14.1. The van der Waals surface area contributed by atoms with E-state index in [1.807, 2.05) is 6.08 Å². The fraction of sp³-hybridized carbons (Fsp3) is 0.167. The van der Waals surface area contributed by atoms with Crippen molar-refractivity contribution < 1.29 is 4.79 Å². The summed E-state index contributed by atoms with van der Waals surface area (Å²) < 4.78 is 1.97. The molecule has 0 radical (unpaired) electrons. The zero-order valence-corrected chi connectivity index (χ0v) is 8.72. The summed E-state index contributed by atoms with van der Waals surface area (Å²) in [4.78, 5) is 10.3. The maximum atomic E-state index is 10.3. The van der Waals surface area contributed by atoms with Crippen LogP contribution in [0.5, 0.6) is 0 Å². The van der Waals surface area contributed by atoms with E-state index in [1.165, 1.54) is 0 Å². The first kappa shape index (κ1) is 8.26. The highest BCUT2D eigenvalue weighted by atomic mass is 127. The molecule has 0 aromatic carbocycles. The number of halogens is 2. The fourth-order valence-corrected chi connectivity index (χ4v) is 2.09. The molecule has 0 fully saturated rings. The van der Waals surface area contributed by atoms with Gasteiger partial charge in [0.05, 0.1) is 0 Å². The number of carbonyl (C=O) groups excluding carboxylic acids is 1. The zero-order valence-electron chi connectivity index (χ0n) is 4.97. The monoisotopic (exact) mass is 313 g/mol. The maximum Gasteiger partial charge on any atom is 0.147 e. The van der Waals surface area contributed by atoms with Crippen molar-refractivity contribution in [1.82, 2.24) is 5.32 Å². The van der Waals surface area contributed by atoms with Crippen LogP contribution in [0.15, 0.2) is 20.3 Å². The van der Waals surface area contributed by atoms with E-state index < -0.39 is 0 Å². The molecule has 0 saturated heterocycles. The third-order valence-electron chi connectivity index (χ3n) is 1.11. The molecule has 0 aliphatic carbocycles. The Morgan fingerprint density at radius 1 is 1.80 bits per heavy atom. The first-order valence-corrected chi connectivity index (χ1v) is 4.55. The molecule has 4 heteroatoms. The second kappa shape index (κ2) is 3.52. The fourth-order valence-electron chi connectivity index (χ4n) is 0.616. The minimum absolute atomic E-state index is 0.151. The molecule has 1 unspecified atom stereocenters. The van der Waals surface area contributed by atoms with Gasteiger partial charge in [-0.3, -0.25) is 0 Å². The van der Waals surface area contributed by atoms with Gasteiger partial charge in [0.1, 0.15) is 12.3 Å². The summed E-state index contributed by atoms with van der Waals surface area (Å²) in [6.45, 7) is 0. The van der Waals surface area contributed by atoms with Crippen molar-refractivity contribution in [3.8, 4) is 0 Å². The third kappa shape index (κ3) is 1.82. The van der Waals surface area contributed by atoms with Gasteiger partial charge in [0.2, 0.25) is 0 Å². The Morgan fingerprint density at radius 3 is 3.00 bits per heavy atom. The van der Waals surface area contributed by atoms with Crippen molar-refractivity contribution in [2.75, 3.05) is 0 Å². The summed E-state index contributed by atoms with van der Waals surface area (Å²) in [5.74, 6) is 0. The maximum absolute atomic E-state index is 10.3. The number of carbonyl (C=O) groups is 1. The Kier molecular flexibility index (Phi) is 2.91. The Hall–Kier alpha value is 0.160. The number of nitrogens with one attached hydrogen (secondary N) is 1. The van der Waals surface area contributed by atoms with Gasteiger partial charge in [0.25, 0.3) is 0 Å². The van der Waals surface area contributed by atoms with Crippen LogP contribution in [-0.4, -0.2) is 12.3 Å². The molecule has 1 rings (SSSR count). The normalized spacial score (nSPS) is 24.4. The Balaban J connectivity index is 2.77. The minimum Gasteiger partial charge on any atom is -0.377 e. The third-order valence-corrected chi connectivity index (χ3v) is 2.55. The highest BCUT2D eigenvalue weighted by Gasteiger charge is 2.12. The largest absolute Gasteiger partial charge is 0.377 e. The zero-order chi connectivity index (χ0) is 7.56. The number of hydrogen-bond acceptors (Lipinski definition) is 2.